The van der Waals surface area contributed by atoms with Crippen LogP contribution in [0, 0.1) is 12.8 Å². The summed E-state index contributed by atoms with van der Waals surface area (Å²) in [5.74, 6) is -0.852. The molecule has 2 fully saturated rings. The Hall–Kier alpha value is -6.40. The van der Waals surface area contributed by atoms with Crippen molar-refractivity contribution in [2.45, 2.75) is 58.7 Å². The molecule has 12 nitrogen and oxygen atoms in total. The van der Waals surface area contributed by atoms with Gasteiger partial charge in [-0.2, -0.15) is 0 Å². The van der Waals surface area contributed by atoms with Gasteiger partial charge in [-0.25, -0.2) is 9.59 Å². The average molecular weight is 833 g/mol. The number of ether oxygens (including phenoxy) is 2. The number of carboxylic acid groups (broad SMARTS) is 1. The quantitative estimate of drug-likeness (QED) is 0.141. The Bertz CT molecular complexity index is 2680. The number of fused-ring (bicyclic) bond motifs is 2. The number of hydrogen-bond acceptors (Lipinski definition) is 9. The predicted molar refractivity (Wildman–Crippen MR) is 229 cm³/mol. The van der Waals surface area contributed by atoms with E-state index in [0.29, 0.717) is 57.2 Å². The lowest BCUT2D eigenvalue weighted by Crippen LogP contribution is -2.43. The van der Waals surface area contributed by atoms with Crippen LogP contribution in [0.3, 0.4) is 0 Å². The highest BCUT2D eigenvalue weighted by Crippen LogP contribution is 2.35. The maximum atomic E-state index is 12.6. The fourth-order valence-electron chi connectivity index (χ4n) is 7.73. The molecule has 2 aromatic heterocycles. The van der Waals surface area contributed by atoms with Crippen LogP contribution in [0.15, 0.2) is 115 Å². The molecule has 4 aromatic carbocycles. The van der Waals surface area contributed by atoms with Gasteiger partial charge in [0, 0.05) is 82.9 Å². The molecular formula is C47H45ClN2O10. The summed E-state index contributed by atoms with van der Waals surface area (Å²) >= 11 is 6.30. The van der Waals surface area contributed by atoms with Gasteiger partial charge in [0.2, 0.25) is 0 Å². The normalized spacial score (nSPS) is 16.2. The van der Waals surface area contributed by atoms with E-state index in [4.69, 9.17) is 35.0 Å². The number of aryl methyl sites for hydroxylation is 1. The van der Waals surface area contributed by atoms with Gasteiger partial charge in [0.15, 0.2) is 12.2 Å². The van der Waals surface area contributed by atoms with Crippen molar-refractivity contribution in [2.24, 2.45) is 5.92 Å². The molecule has 2 amide bonds. The molecule has 0 aliphatic carbocycles. The molecule has 0 saturated carbocycles. The smallest absolute Gasteiger partial charge is 0.336 e. The largest absolute Gasteiger partial charge is 0.481 e. The number of benzene rings is 4. The summed E-state index contributed by atoms with van der Waals surface area (Å²) in [4.78, 5) is 64.0. The van der Waals surface area contributed by atoms with Crippen LogP contribution >= 0.6 is 11.6 Å². The van der Waals surface area contributed by atoms with Crippen LogP contribution in [0.25, 0.3) is 44.2 Å². The zero-order chi connectivity index (χ0) is 42.5. The third-order valence-electron chi connectivity index (χ3n) is 10.9. The van der Waals surface area contributed by atoms with E-state index in [-0.39, 0.29) is 18.4 Å². The topological polar surface area (TPSA) is 157 Å². The first-order chi connectivity index (χ1) is 28.9. The first-order valence-corrected chi connectivity index (χ1v) is 20.3. The molecule has 0 bridgehead atoms. The Morgan fingerprint density at radius 3 is 1.72 bits per heavy atom. The average Bonchev–Trinajstić information content (AvgIpc) is 3.74. The lowest BCUT2D eigenvalue weighted by molar-refractivity contribution is -0.142. The Balaban J connectivity index is 0.000000182. The van der Waals surface area contributed by atoms with Gasteiger partial charge in [-0.3, -0.25) is 14.4 Å². The molecule has 2 aliphatic heterocycles. The van der Waals surface area contributed by atoms with E-state index < -0.39 is 35.3 Å². The third kappa shape index (κ3) is 9.39. The van der Waals surface area contributed by atoms with E-state index >= 15 is 0 Å². The number of piperidine rings is 1. The molecule has 4 heterocycles. The number of carbonyl (C=O) groups is 3. The predicted octanol–water partition coefficient (Wildman–Crippen LogP) is 8.36. The van der Waals surface area contributed by atoms with Gasteiger partial charge in [0.1, 0.15) is 22.7 Å². The van der Waals surface area contributed by atoms with Crippen molar-refractivity contribution in [3.05, 3.63) is 128 Å². The molecule has 60 heavy (non-hydrogen) atoms. The molecule has 0 spiro atoms. The summed E-state index contributed by atoms with van der Waals surface area (Å²) in [5.41, 5.74) is 4.08. The van der Waals surface area contributed by atoms with Crippen LogP contribution < -0.4 is 20.7 Å². The fraction of sp³-hybridized carbons (Fsp3) is 0.298. The highest BCUT2D eigenvalue weighted by atomic mass is 35.5. The van der Waals surface area contributed by atoms with Crippen molar-refractivity contribution in [1.29, 1.82) is 0 Å². The van der Waals surface area contributed by atoms with Crippen LogP contribution in [-0.4, -0.2) is 71.1 Å². The summed E-state index contributed by atoms with van der Waals surface area (Å²) < 4.78 is 22.4. The first-order valence-electron chi connectivity index (χ1n) is 20.0. The Labute approximate surface area is 350 Å². The molecule has 310 valence electrons. The van der Waals surface area contributed by atoms with Crippen LogP contribution in [-0.2, 0) is 14.4 Å². The number of carboxylic acids is 1. The molecule has 2 aliphatic rings. The standard InChI is InChI=1S/C24H25NO4.C23H20ClNO6/c1-16-8-4-5-9-19(16)21-15-23(26)29-22-14-18(10-11-20(21)22)28-17(2)24(27)25-12-6-3-7-13-25;1-13(22(27)25-9-8-14(12-25)23(28)29)30-15-6-7-17-18(11-21(26)31-20(17)10-15)16-4-2-3-5-19(16)24/h4-5,8-11,14-15,17H,3,6-7,12-13H2,1-2H3;2-7,10-11,13-14H,8-9,12H2,1H3,(H,28,29)/t;13?,14-/m.0/s1. The van der Waals surface area contributed by atoms with E-state index in [1.807, 2.05) is 66.4 Å². The van der Waals surface area contributed by atoms with Crippen LogP contribution in [0.2, 0.25) is 5.02 Å². The molecule has 1 N–H and O–H groups in total. The van der Waals surface area contributed by atoms with Crippen LogP contribution in [0.4, 0.5) is 0 Å². The fourth-order valence-corrected chi connectivity index (χ4v) is 7.97. The van der Waals surface area contributed by atoms with E-state index in [2.05, 4.69) is 0 Å². The summed E-state index contributed by atoms with van der Waals surface area (Å²) in [5, 5.41) is 11.1. The molecule has 3 atom stereocenters. The van der Waals surface area contributed by atoms with Crippen LogP contribution in [0.1, 0.15) is 45.1 Å². The number of hydrogen-bond donors (Lipinski definition) is 1. The molecular weight excluding hydrogens is 788 g/mol. The van der Waals surface area contributed by atoms with Gasteiger partial charge in [-0.1, -0.05) is 54.1 Å². The molecule has 13 heteroatoms. The van der Waals surface area contributed by atoms with Crippen molar-refractivity contribution in [2.75, 3.05) is 26.2 Å². The second-order valence-electron chi connectivity index (χ2n) is 15.1. The van der Waals surface area contributed by atoms with Crippen molar-refractivity contribution in [3.63, 3.8) is 0 Å². The van der Waals surface area contributed by atoms with Crippen molar-refractivity contribution < 1.29 is 37.8 Å². The first kappa shape index (κ1) is 41.7. The lowest BCUT2D eigenvalue weighted by atomic mass is 9.98. The Morgan fingerprint density at radius 1 is 0.667 bits per heavy atom. The summed E-state index contributed by atoms with van der Waals surface area (Å²) in [7, 11) is 0. The number of carbonyl (C=O) groups excluding carboxylic acids is 2. The van der Waals surface area contributed by atoms with Crippen molar-refractivity contribution in [1.82, 2.24) is 9.80 Å². The van der Waals surface area contributed by atoms with E-state index in [0.717, 1.165) is 48.0 Å². The summed E-state index contributed by atoms with van der Waals surface area (Å²) in [6.07, 6.45) is 2.29. The Kier molecular flexibility index (Phi) is 12.7. The molecule has 2 saturated heterocycles. The van der Waals surface area contributed by atoms with Crippen molar-refractivity contribution in [3.8, 4) is 33.8 Å². The zero-order valence-corrected chi connectivity index (χ0v) is 34.3. The highest BCUT2D eigenvalue weighted by Gasteiger charge is 2.33. The highest BCUT2D eigenvalue weighted by molar-refractivity contribution is 6.33. The third-order valence-corrected chi connectivity index (χ3v) is 11.2. The van der Waals surface area contributed by atoms with Gasteiger partial charge in [0.05, 0.1) is 5.92 Å². The van der Waals surface area contributed by atoms with Gasteiger partial charge >= 0.3 is 17.2 Å². The van der Waals surface area contributed by atoms with Gasteiger partial charge < -0.3 is 33.2 Å². The van der Waals surface area contributed by atoms with E-state index in [1.54, 1.807) is 44.2 Å². The number of nitrogens with zero attached hydrogens (tertiary/aromatic N) is 2. The minimum absolute atomic E-state index is 0.0000827. The van der Waals surface area contributed by atoms with Crippen molar-refractivity contribution >= 4 is 51.3 Å². The number of aliphatic carboxylic acids is 1. The number of amides is 2. The summed E-state index contributed by atoms with van der Waals surface area (Å²) in [6, 6.07) is 28.5. The zero-order valence-electron chi connectivity index (χ0n) is 33.5. The number of halogens is 1. The van der Waals surface area contributed by atoms with Gasteiger partial charge in [0.25, 0.3) is 11.8 Å². The van der Waals surface area contributed by atoms with E-state index in [9.17, 15) is 24.0 Å². The van der Waals surface area contributed by atoms with Gasteiger partial charge in [-0.05, 0) is 87.9 Å². The minimum Gasteiger partial charge on any atom is -0.481 e. The van der Waals surface area contributed by atoms with E-state index in [1.165, 1.54) is 23.5 Å². The minimum atomic E-state index is -0.900. The number of likely N-dealkylation sites (tertiary alicyclic amines) is 2. The Morgan fingerprint density at radius 2 is 1.18 bits per heavy atom. The van der Waals surface area contributed by atoms with Crippen LogP contribution in [0.5, 0.6) is 11.5 Å². The molecule has 0 radical (unpaired) electrons. The second kappa shape index (κ2) is 18.3. The second-order valence-corrected chi connectivity index (χ2v) is 15.5. The lowest BCUT2D eigenvalue weighted by Gasteiger charge is -2.29. The summed E-state index contributed by atoms with van der Waals surface area (Å²) in [6.45, 7) is 7.53. The number of rotatable bonds is 9. The van der Waals surface area contributed by atoms with Gasteiger partial charge in [-0.15, -0.1) is 0 Å². The SMILES string of the molecule is CC(Oc1ccc2c(-c3ccccc3Cl)cc(=O)oc2c1)C(=O)N1CC[C@H](C(=O)O)C1.Cc1ccccc1-c1cc(=O)oc2cc(OC(C)C(=O)N3CCCCC3)ccc12. The maximum absolute atomic E-state index is 12.6. The maximum Gasteiger partial charge on any atom is 0.336 e. The molecule has 6 aromatic rings. The monoisotopic (exact) mass is 832 g/mol. The molecule has 8 rings (SSSR count). The molecule has 2 unspecified atom stereocenters.